The van der Waals surface area contributed by atoms with E-state index >= 15 is 0 Å². The van der Waals surface area contributed by atoms with E-state index in [1.54, 1.807) is 0 Å². The molecule has 5 aromatic rings. The predicted octanol–water partition coefficient (Wildman–Crippen LogP) is 7.07. The highest BCUT2D eigenvalue weighted by Crippen LogP contribution is 2.50. The van der Waals surface area contributed by atoms with Gasteiger partial charge in [-0.25, -0.2) is 4.98 Å². The number of hydrogen-bond donors (Lipinski definition) is 0. The summed E-state index contributed by atoms with van der Waals surface area (Å²) in [6, 6.07) is 32.2. The molecule has 2 heterocycles. The zero-order chi connectivity index (χ0) is 19.2. The number of fused-ring (bicyclic) bond motifs is 3. The van der Waals surface area contributed by atoms with Crippen molar-refractivity contribution in [1.82, 2.24) is 4.98 Å². The lowest BCUT2D eigenvalue weighted by Crippen LogP contribution is -2.15. The first kappa shape index (κ1) is 16.0. The number of benzene rings is 4. The third-order valence-corrected chi connectivity index (χ3v) is 5.08. The van der Waals surface area contributed by atoms with Crippen LogP contribution in [0.15, 0.2) is 101 Å². The molecule has 0 radical (unpaired) electrons. The maximum absolute atomic E-state index is 6.11. The molecule has 0 atom stereocenters. The standard InChI is InChI=1S/C25H16N2O2/c1-4-13-22-19(10-1)26-25(29-22)17-8-7-9-18(16-17)27-20-11-2-5-14-23(20)28-24-15-6-3-12-21(24)27/h1-16H. The Morgan fingerprint density at radius 3 is 2.10 bits per heavy atom. The van der Waals surface area contributed by atoms with Crippen LogP contribution in [0.2, 0.25) is 0 Å². The maximum Gasteiger partial charge on any atom is 0.227 e. The summed E-state index contributed by atoms with van der Waals surface area (Å²) in [6.07, 6.45) is 0. The summed E-state index contributed by atoms with van der Waals surface area (Å²) in [7, 11) is 0. The first-order valence-corrected chi connectivity index (χ1v) is 9.49. The molecule has 0 bridgehead atoms. The Morgan fingerprint density at radius 1 is 0.655 bits per heavy atom. The van der Waals surface area contributed by atoms with Crippen LogP contribution in [0.5, 0.6) is 11.5 Å². The molecule has 4 aromatic carbocycles. The van der Waals surface area contributed by atoms with Gasteiger partial charge in [0.2, 0.25) is 5.89 Å². The normalized spacial score (nSPS) is 12.3. The Balaban J connectivity index is 1.52. The van der Waals surface area contributed by atoms with Crippen molar-refractivity contribution in [1.29, 1.82) is 0 Å². The molecule has 0 saturated heterocycles. The largest absolute Gasteiger partial charge is 0.453 e. The van der Waals surface area contributed by atoms with E-state index in [-0.39, 0.29) is 0 Å². The summed E-state index contributed by atoms with van der Waals surface area (Å²) in [6.45, 7) is 0. The molecule has 1 aliphatic heterocycles. The Morgan fingerprint density at radius 2 is 1.34 bits per heavy atom. The molecule has 0 fully saturated rings. The van der Waals surface area contributed by atoms with E-state index in [2.05, 4.69) is 34.1 Å². The van der Waals surface area contributed by atoms with Gasteiger partial charge in [-0.1, -0.05) is 42.5 Å². The van der Waals surface area contributed by atoms with E-state index in [1.165, 1.54) is 0 Å². The molecule has 6 rings (SSSR count). The van der Waals surface area contributed by atoms with Gasteiger partial charge in [0.25, 0.3) is 0 Å². The minimum Gasteiger partial charge on any atom is -0.453 e. The number of para-hydroxylation sites is 6. The van der Waals surface area contributed by atoms with Gasteiger partial charge >= 0.3 is 0 Å². The molecule has 0 unspecified atom stereocenters. The van der Waals surface area contributed by atoms with Crippen LogP contribution in [0, 0.1) is 0 Å². The van der Waals surface area contributed by atoms with E-state index < -0.39 is 0 Å². The minimum atomic E-state index is 0.614. The predicted molar refractivity (Wildman–Crippen MR) is 114 cm³/mol. The van der Waals surface area contributed by atoms with Crippen molar-refractivity contribution < 1.29 is 9.15 Å². The summed E-state index contributed by atoms with van der Waals surface area (Å²) >= 11 is 0. The van der Waals surface area contributed by atoms with E-state index in [9.17, 15) is 0 Å². The molecule has 29 heavy (non-hydrogen) atoms. The van der Waals surface area contributed by atoms with Gasteiger partial charge in [0.05, 0.1) is 11.4 Å². The number of nitrogens with zero attached hydrogens (tertiary/aromatic N) is 2. The highest BCUT2D eigenvalue weighted by Gasteiger charge is 2.25. The topological polar surface area (TPSA) is 38.5 Å². The molecular weight excluding hydrogens is 360 g/mol. The number of rotatable bonds is 2. The second kappa shape index (κ2) is 6.24. The van der Waals surface area contributed by atoms with Crippen molar-refractivity contribution >= 4 is 28.2 Å². The SMILES string of the molecule is c1cc(-c2nc3ccccc3o2)cc(N2c3ccccc3Oc3ccccc32)c1. The van der Waals surface area contributed by atoms with Gasteiger partial charge in [0.15, 0.2) is 17.1 Å². The second-order valence-corrected chi connectivity index (χ2v) is 6.91. The van der Waals surface area contributed by atoms with Gasteiger partial charge in [0.1, 0.15) is 5.52 Å². The Bertz CT molecular complexity index is 1280. The third-order valence-electron chi connectivity index (χ3n) is 5.08. The lowest BCUT2D eigenvalue weighted by Gasteiger charge is -2.32. The highest BCUT2D eigenvalue weighted by atomic mass is 16.5. The zero-order valence-corrected chi connectivity index (χ0v) is 15.4. The third kappa shape index (κ3) is 2.57. The van der Waals surface area contributed by atoms with Gasteiger partial charge in [-0.15, -0.1) is 0 Å². The van der Waals surface area contributed by atoms with Crippen LogP contribution in [0.3, 0.4) is 0 Å². The summed E-state index contributed by atoms with van der Waals surface area (Å²) in [5, 5.41) is 0. The van der Waals surface area contributed by atoms with E-state index in [4.69, 9.17) is 9.15 Å². The van der Waals surface area contributed by atoms with Gasteiger partial charge in [-0.05, 0) is 54.6 Å². The van der Waals surface area contributed by atoms with Gasteiger partial charge in [0, 0.05) is 11.3 Å². The second-order valence-electron chi connectivity index (χ2n) is 6.91. The van der Waals surface area contributed by atoms with Crippen molar-refractivity contribution in [2.75, 3.05) is 4.90 Å². The fourth-order valence-electron chi connectivity index (χ4n) is 3.76. The number of aromatic nitrogens is 1. The van der Waals surface area contributed by atoms with E-state index in [1.807, 2.05) is 72.8 Å². The van der Waals surface area contributed by atoms with Crippen LogP contribution in [0.1, 0.15) is 0 Å². The molecule has 0 aliphatic carbocycles. The molecular formula is C25H16N2O2. The zero-order valence-electron chi connectivity index (χ0n) is 15.4. The van der Waals surface area contributed by atoms with Crippen molar-refractivity contribution in [3.8, 4) is 23.0 Å². The van der Waals surface area contributed by atoms with Crippen LogP contribution in [-0.4, -0.2) is 4.98 Å². The Hall–Kier alpha value is -4.05. The van der Waals surface area contributed by atoms with Crippen molar-refractivity contribution in [3.63, 3.8) is 0 Å². The fourth-order valence-corrected chi connectivity index (χ4v) is 3.76. The number of hydrogen-bond acceptors (Lipinski definition) is 4. The average molecular weight is 376 g/mol. The number of anilines is 3. The molecule has 0 saturated carbocycles. The molecule has 0 amide bonds. The van der Waals surface area contributed by atoms with Crippen molar-refractivity contribution in [3.05, 3.63) is 97.1 Å². The van der Waals surface area contributed by atoms with Gasteiger partial charge in [-0.3, -0.25) is 0 Å². The van der Waals surface area contributed by atoms with E-state index in [0.717, 1.165) is 45.2 Å². The summed E-state index contributed by atoms with van der Waals surface area (Å²) in [5.74, 6) is 2.28. The summed E-state index contributed by atoms with van der Waals surface area (Å²) < 4.78 is 12.1. The molecule has 4 nitrogen and oxygen atoms in total. The monoisotopic (exact) mass is 376 g/mol. The van der Waals surface area contributed by atoms with Crippen LogP contribution < -0.4 is 9.64 Å². The quantitative estimate of drug-likeness (QED) is 0.324. The minimum absolute atomic E-state index is 0.614. The smallest absolute Gasteiger partial charge is 0.227 e. The highest BCUT2D eigenvalue weighted by molar-refractivity contribution is 5.87. The summed E-state index contributed by atoms with van der Waals surface area (Å²) in [4.78, 5) is 6.86. The lowest BCUT2D eigenvalue weighted by molar-refractivity contribution is 0.477. The Labute approximate surface area is 167 Å². The Kier molecular flexibility index (Phi) is 3.43. The first-order valence-electron chi connectivity index (χ1n) is 9.49. The molecule has 138 valence electrons. The van der Waals surface area contributed by atoms with Crippen LogP contribution in [0.4, 0.5) is 17.1 Å². The molecule has 1 aliphatic rings. The van der Waals surface area contributed by atoms with Gasteiger partial charge < -0.3 is 14.1 Å². The van der Waals surface area contributed by atoms with Crippen LogP contribution >= 0.6 is 0 Å². The lowest BCUT2D eigenvalue weighted by atomic mass is 10.1. The number of ether oxygens (including phenoxy) is 1. The van der Waals surface area contributed by atoms with Crippen molar-refractivity contribution in [2.45, 2.75) is 0 Å². The maximum atomic E-state index is 6.11. The average Bonchev–Trinajstić information content (AvgIpc) is 3.22. The molecule has 0 N–H and O–H groups in total. The molecule has 1 aromatic heterocycles. The van der Waals surface area contributed by atoms with E-state index in [0.29, 0.717) is 5.89 Å². The van der Waals surface area contributed by atoms with Crippen LogP contribution in [-0.2, 0) is 0 Å². The molecule has 4 heteroatoms. The van der Waals surface area contributed by atoms with Gasteiger partial charge in [-0.2, -0.15) is 0 Å². The molecule has 0 spiro atoms. The number of oxazole rings is 1. The van der Waals surface area contributed by atoms with Crippen LogP contribution in [0.25, 0.3) is 22.6 Å². The summed E-state index contributed by atoms with van der Waals surface area (Å²) in [5.41, 5.74) is 5.60. The first-order chi connectivity index (χ1) is 14.4. The fraction of sp³-hybridized carbons (Fsp3) is 0. The van der Waals surface area contributed by atoms with Crippen molar-refractivity contribution in [2.24, 2.45) is 0 Å².